The van der Waals surface area contributed by atoms with Crippen molar-refractivity contribution in [3.8, 4) is 5.75 Å². The highest BCUT2D eigenvalue weighted by atomic mass is 127. The van der Waals surface area contributed by atoms with Crippen LogP contribution in [0, 0.1) is 11.3 Å². The van der Waals surface area contributed by atoms with Gasteiger partial charge in [0.1, 0.15) is 5.75 Å². The minimum absolute atomic E-state index is 0. The van der Waals surface area contributed by atoms with Crippen LogP contribution in [-0.4, -0.2) is 62.1 Å². The molecule has 2 aliphatic heterocycles. The van der Waals surface area contributed by atoms with Crippen LogP contribution in [-0.2, 0) is 6.54 Å². The minimum atomic E-state index is 0. The molecule has 5 nitrogen and oxygen atoms in total. The zero-order chi connectivity index (χ0) is 20.0. The van der Waals surface area contributed by atoms with Gasteiger partial charge >= 0.3 is 0 Å². The first kappa shape index (κ1) is 24.3. The van der Waals surface area contributed by atoms with Gasteiger partial charge in [0.05, 0.1) is 7.11 Å². The maximum atomic E-state index is 5.25. The van der Waals surface area contributed by atoms with Gasteiger partial charge in [-0.1, -0.05) is 26.0 Å². The van der Waals surface area contributed by atoms with Gasteiger partial charge in [-0.15, -0.1) is 24.0 Å². The second-order valence-electron chi connectivity index (χ2n) is 9.10. The van der Waals surface area contributed by atoms with Crippen molar-refractivity contribution >= 4 is 29.9 Å². The van der Waals surface area contributed by atoms with Gasteiger partial charge in [0.25, 0.3) is 0 Å². The lowest BCUT2D eigenvalue weighted by molar-refractivity contribution is 0.180. The van der Waals surface area contributed by atoms with Crippen LogP contribution in [0.4, 0.5) is 0 Å². The van der Waals surface area contributed by atoms with Crippen LogP contribution >= 0.6 is 24.0 Å². The van der Waals surface area contributed by atoms with Crippen LogP contribution < -0.4 is 10.1 Å². The van der Waals surface area contributed by atoms with Gasteiger partial charge in [0.2, 0.25) is 0 Å². The van der Waals surface area contributed by atoms with E-state index in [2.05, 4.69) is 60.2 Å². The van der Waals surface area contributed by atoms with Crippen molar-refractivity contribution in [2.45, 2.75) is 46.6 Å². The number of ether oxygens (including phenoxy) is 1. The van der Waals surface area contributed by atoms with E-state index in [1.54, 1.807) is 7.11 Å². The van der Waals surface area contributed by atoms with E-state index in [0.29, 0.717) is 11.3 Å². The Morgan fingerprint density at radius 2 is 1.86 bits per heavy atom. The summed E-state index contributed by atoms with van der Waals surface area (Å²) in [5.74, 6) is 2.75. The quantitative estimate of drug-likeness (QED) is 0.351. The topological polar surface area (TPSA) is 40.1 Å². The van der Waals surface area contributed by atoms with Crippen LogP contribution in [0.1, 0.15) is 45.6 Å². The van der Waals surface area contributed by atoms with Crippen molar-refractivity contribution in [2.75, 3.05) is 46.4 Å². The molecule has 0 saturated carbocycles. The molecule has 2 fully saturated rings. The number of nitrogens with zero attached hydrogens (tertiary/aromatic N) is 3. The number of benzene rings is 1. The first-order valence-electron chi connectivity index (χ1n) is 10.9. The minimum Gasteiger partial charge on any atom is -0.497 e. The van der Waals surface area contributed by atoms with Gasteiger partial charge in [0, 0.05) is 32.7 Å². The molecule has 0 aliphatic carbocycles. The van der Waals surface area contributed by atoms with E-state index in [4.69, 9.17) is 9.73 Å². The molecule has 164 valence electrons. The van der Waals surface area contributed by atoms with Gasteiger partial charge in [-0.25, -0.2) is 0 Å². The number of halogens is 1. The molecule has 0 spiro atoms. The molecule has 0 atom stereocenters. The van der Waals surface area contributed by atoms with E-state index in [-0.39, 0.29) is 24.0 Å². The summed E-state index contributed by atoms with van der Waals surface area (Å²) in [4.78, 5) is 10.0. The average molecular weight is 514 g/mol. The Labute approximate surface area is 194 Å². The van der Waals surface area contributed by atoms with E-state index in [1.165, 1.54) is 37.9 Å². The Hall–Kier alpha value is -1.02. The lowest BCUT2D eigenvalue weighted by atomic mass is 9.93. The maximum absolute atomic E-state index is 5.25. The largest absolute Gasteiger partial charge is 0.497 e. The molecule has 0 aromatic heterocycles. The zero-order valence-electron chi connectivity index (χ0n) is 18.6. The summed E-state index contributed by atoms with van der Waals surface area (Å²) >= 11 is 0. The molecule has 29 heavy (non-hydrogen) atoms. The summed E-state index contributed by atoms with van der Waals surface area (Å²) in [7, 11) is 1.72. The fourth-order valence-electron chi connectivity index (χ4n) is 4.25. The molecule has 1 N–H and O–H groups in total. The van der Waals surface area contributed by atoms with E-state index in [1.807, 2.05) is 0 Å². The molecular formula is C23H39IN4O. The van der Waals surface area contributed by atoms with Gasteiger partial charge < -0.3 is 15.0 Å². The fraction of sp³-hybridized carbons (Fsp3) is 0.696. The molecule has 0 unspecified atom stereocenters. The zero-order valence-corrected chi connectivity index (χ0v) is 20.9. The molecule has 1 aromatic carbocycles. The van der Waals surface area contributed by atoms with Crippen LogP contribution in [0.25, 0.3) is 0 Å². The third-order valence-electron chi connectivity index (χ3n) is 6.08. The Morgan fingerprint density at radius 3 is 2.41 bits per heavy atom. The summed E-state index contributed by atoms with van der Waals surface area (Å²) in [6, 6.07) is 8.46. The van der Waals surface area contributed by atoms with E-state index in [9.17, 15) is 0 Å². The van der Waals surface area contributed by atoms with Gasteiger partial charge in [-0.3, -0.25) is 9.89 Å². The highest BCUT2D eigenvalue weighted by Crippen LogP contribution is 2.29. The second kappa shape index (κ2) is 11.4. The van der Waals surface area contributed by atoms with Crippen molar-refractivity contribution in [3.63, 3.8) is 0 Å². The summed E-state index contributed by atoms with van der Waals surface area (Å²) in [5.41, 5.74) is 1.77. The molecular weight excluding hydrogens is 475 g/mol. The predicted octanol–water partition coefficient (Wildman–Crippen LogP) is 4.22. The van der Waals surface area contributed by atoms with E-state index in [0.717, 1.165) is 44.4 Å². The smallest absolute Gasteiger partial charge is 0.193 e. The number of aliphatic imine (C=N–C) groups is 1. The molecule has 2 saturated heterocycles. The van der Waals surface area contributed by atoms with Crippen molar-refractivity contribution in [3.05, 3.63) is 29.8 Å². The highest BCUT2D eigenvalue weighted by molar-refractivity contribution is 14.0. The number of nitrogens with one attached hydrogen (secondary N) is 1. The maximum Gasteiger partial charge on any atom is 0.193 e. The Kier molecular flexibility index (Phi) is 9.53. The van der Waals surface area contributed by atoms with E-state index >= 15 is 0 Å². The van der Waals surface area contributed by atoms with Crippen LogP contribution in [0.3, 0.4) is 0 Å². The standard InChI is InChI=1S/C23H38N4O.HI/c1-5-24-22(27-15-12-23(2,3)18-27)25-16-19-10-13-26(14-11-19)17-20-6-8-21(28-4)9-7-20;/h6-9,19H,5,10-18H2,1-4H3,(H,24,25);1H. The molecule has 0 amide bonds. The van der Waals surface area contributed by atoms with Crippen molar-refractivity contribution in [1.29, 1.82) is 0 Å². The van der Waals surface area contributed by atoms with Gasteiger partial charge in [-0.2, -0.15) is 0 Å². The highest BCUT2D eigenvalue weighted by Gasteiger charge is 2.31. The molecule has 0 bridgehead atoms. The SMILES string of the molecule is CCNC(=NCC1CCN(Cc2ccc(OC)cc2)CC1)N1CCC(C)(C)C1.I. The first-order chi connectivity index (χ1) is 13.5. The van der Waals surface area contributed by atoms with Crippen LogP contribution in [0.5, 0.6) is 5.75 Å². The molecule has 0 radical (unpaired) electrons. The summed E-state index contributed by atoms with van der Waals surface area (Å²) in [6.45, 7) is 14.4. The van der Waals surface area contributed by atoms with Crippen molar-refractivity contribution in [2.24, 2.45) is 16.3 Å². The monoisotopic (exact) mass is 514 g/mol. The molecule has 6 heteroatoms. The Bertz CT molecular complexity index is 639. The van der Waals surface area contributed by atoms with E-state index < -0.39 is 0 Å². The summed E-state index contributed by atoms with van der Waals surface area (Å²) in [6.07, 6.45) is 3.73. The molecule has 2 heterocycles. The van der Waals surface area contributed by atoms with Gasteiger partial charge in [0.15, 0.2) is 5.96 Å². The lowest BCUT2D eigenvalue weighted by Crippen LogP contribution is -2.41. The number of rotatable bonds is 6. The second-order valence-corrected chi connectivity index (χ2v) is 9.10. The van der Waals surface area contributed by atoms with Gasteiger partial charge in [-0.05, 0) is 68.3 Å². The molecule has 2 aliphatic rings. The Morgan fingerprint density at radius 1 is 1.17 bits per heavy atom. The number of likely N-dealkylation sites (tertiary alicyclic amines) is 2. The fourth-order valence-corrected chi connectivity index (χ4v) is 4.25. The lowest BCUT2D eigenvalue weighted by Gasteiger charge is -2.31. The number of piperidine rings is 1. The normalized spacial score (nSPS) is 20.4. The van der Waals surface area contributed by atoms with Crippen molar-refractivity contribution < 1.29 is 4.74 Å². The third-order valence-corrected chi connectivity index (χ3v) is 6.08. The van der Waals surface area contributed by atoms with Crippen LogP contribution in [0.2, 0.25) is 0 Å². The number of hydrogen-bond donors (Lipinski definition) is 1. The Balaban J connectivity index is 0.00000300. The van der Waals surface area contributed by atoms with Crippen LogP contribution in [0.15, 0.2) is 29.3 Å². The average Bonchev–Trinajstić information content (AvgIpc) is 3.06. The summed E-state index contributed by atoms with van der Waals surface area (Å²) < 4.78 is 5.25. The molecule has 1 aromatic rings. The van der Waals surface area contributed by atoms with Crippen molar-refractivity contribution in [1.82, 2.24) is 15.1 Å². The first-order valence-corrected chi connectivity index (χ1v) is 10.9. The number of guanidine groups is 1. The predicted molar refractivity (Wildman–Crippen MR) is 132 cm³/mol. The number of methoxy groups -OCH3 is 1. The molecule has 3 rings (SSSR count). The number of hydrogen-bond acceptors (Lipinski definition) is 3. The summed E-state index contributed by atoms with van der Waals surface area (Å²) in [5, 5.41) is 3.51. The third kappa shape index (κ3) is 7.31.